The van der Waals surface area contributed by atoms with Crippen LogP contribution in [0.2, 0.25) is 5.02 Å². The number of carbonyl (C=O) groups excluding carboxylic acids is 2. The largest absolute Gasteiger partial charge is 0.488 e. The molecule has 134 valence electrons. The average molecular weight is 388 g/mol. The van der Waals surface area contributed by atoms with E-state index in [0.29, 0.717) is 28.8 Å². The molecule has 0 atom stereocenters. The highest BCUT2D eigenvalue weighted by molar-refractivity contribution is 8.18. The Morgan fingerprint density at radius 2 is 1.85 bits per heavy atom. The van der Waals surface area contributed by atoms with Gasteiger partial charge >= 0.3 is 0 Å². The molecule has 3 rings (SSSR count). The molecule has 1 aliphatic rings. The first-order chi connectivity index (χ1) is 12.6. The maximum absolute atomic E-state index is 12.4. The monoisotopic (exact) mass is 387 g/mol. The lowest BCUT2D eigenvalue weighted by Crippen LogP contribution is -2.28. The van der Waals surface area contributed by atoms with E-state index < -0.39 is 0 Å². The second-order valence-corrected chi connectivity index (χ2v) is 7.15. The van der Waals surface area contributed by atoms with Crippen LogP contribution in [0.1, 0.15) is 24.5 Å². The van der Waals surface area contributed by atoms with Gasteiger partial charge in [0.1, 0.15) is 12.4 Å². The van der Waals surface area contributed by atoms with Crippen LogP contribution in [0.15, 0.2) is 53.4 Å². The third-order valence-electron chi connectivity index (χ3n) is 3.87. The Bertz CT molecular complexity index is 866. The van der Waals surface area contributed by atoms with Crippen molar-refractivity contribution in [2.24, 2.45) is 0 Å². The number of carbonyl (C=O) groups is 2. The Hall–Kier alpha value is -2.24. The molecule has 26 heavy (non-hydrogen) atoms. The quantitative estimate of drug-likeness (QED) is 0.625. The summed E-state index contributed by atoms with van der Waals surface area (Å²) in [5.74, 6) is 0.387. The summed E-state index contributed by atoms with van der Waals surface area (Å²) in [5, 5.41) is 0.420. The van der Waals surface area contributed by atoms with Crippen LogP contribution in [-0.2, 0) is 11.4 Å². The van der Waals surface area contributed by atoms with Gasteiger partial charge in [-0.3, -0.25) is 14.5 Å². The van der Waals surface area contributed by atoms with Crippen molar-refractivity contribution in [3.63, 3.8) is 0 Å². The number of imide groups is 1. The molecule has 1 fully saturated rings. The standard InChI is InChI=1S/C20H18ClNO3S/c1-2-11-22-19(23)18(26-20(22)24)12-14-7-4-6-10-17(14)25-13-15-8-3-5-9-16(15)21/h3-10,12H,2,11,13H2,1H3/b18-12-. The van der Waals surface area contributed by atoms with Gasteiger partial charge in [0, 0.05) is 22.7 Å². The molecular weight excluding hydrogens is 370 g/mol. The number of ether oxygens (including phenoxy) is 1. The fourth-order valence-corrected chi connectivity index (χ4v) is 3.61. The van der Waals surface area contributed by atoms with Gasteiger partial charge in [-0.1, -0.05) is 54.9 Å². The van der Waals surface area contributed by atoms with E-state index in [1.165, 1.54) is 4.90 Å². The molecule has 0 saturated carbocycles. The Balaban J connectivity index is 1.80. The summed E-state index contributed by atoms with van der Waals surface area (Å²) < 4.78 is 5.90. The van der Waals surface area contributed by atoms with Gasteiger partial charge in [-0.25, -0.2) is 0 Å². The molecule has 0 aliphatic carbocycles. The van der Waals surface area contributed by atoms with Crippen molar-refractivity contribution in [2.45, 2.75) is 20.0 Å². The van der Waals surface area contributed by atoms with Crippen LogP contribution < -0.4 is 4.74 Å². The Morgan fingerprint density at radius 3 is 2.62 bits per heavy atom. The van der Waals surface area contributed by atoms with Gasteiger partial charge in [0.05, 0.1) is 4.91 Å². The van der Waals surface area contributed by atoms with E-state index in [-0.39, 0.29) is 11.1 Å². The van der Waals surface area contributed by atoms with Gasteiger partial charge in [0.25, 0.3) is 11.1 Å². The maximum Gasteiger partial charge on any atom is 0.293 e. The molecule has 0 radical (unpaired) electrons. The van der Waals surface area contributed by atoms with Gasteiger partial charge in [-0.2, -0.15) is 0 Å². The van der Waals surface area contributed by atoms with Gasteiger partial charge in [0.2, 0.25) is 0 Å². The fraction of sp³-hybridized carbons (Fsp3) is 0.200. The number of halogens is 1. The lowest BCUT2D eigenvalue weighted by Gasteiger charge is -2.11. The number of amides is 2. The van der Waals surface area contributed by atoms with E-state index in [2.05, 4.69) is 0 Å². The smallest absolute Gasteiger partial charge is 0.293 e. The predicted octanol–water partition coefficient (Wildman–Crippen LogP) is 5.37. The van der Waals surface area contributed by atoms with Gasteiger partial charge in [0.15, 0.2) is 0 Å². The summed E-state index contributed by atoms with van der Waals surface area (Å²) >= 11 is 7.13. The van der Waals surface area contributed by atoms with E-state index in [9.17, 15) is 9.59 Å². The minimum Gasteiger partial charge on any atom is -0.488 e. The molecule has 2 amide bonds. The highest BCUT2D eigenvalue weighted by atomic mass is 35.5. The Morgan fingerprint density at radius 1 is 1.12 bits per heavy atom. The predicted molar refractivity (Wildman–Crippen MR) is 105 cm³/mol. The molecule has 2 aromatic carbocycles. The normalized spacial score (nSPS) is 15.8. The van der Waals surface area contributed by atoms with E-state index in [1.807, 2.05) is 55.5 Å². The summed E-state index contributed by atoms with van der Waals surface area (Å²) in [4.78, 5) is 26.1. The first-order valence-electron chi connectivity index (χ1n) is 8.30. The van der Waals surface area contributed by atoms with Crippen molar-refractivity contribution in [3.05, 3.63) is 69.6 Å². The molecule has 4 nitrogen and oxygen atoms in total. The van der Waals surface area contributed by atoms with Gasteiger partial charge in [-0.05, 0) is 36.4 Å². The molecule has 1 heterocycles. The minimum absolute atomic E-state index is 0.224. The van der Waals surface area contributed by atoms with Crippen molar-refractivity contribution in [2.75, 3.05) is 6.54 Å². The van der Waals surface area contributed by atoms with Crippen LogP contribution in [0, 0.1) is 0 Å². The second kappa shape index (κ2) is 8.43. The molecule has 6 heteroatoms. The number of para-hydroxylation sites is 1. The molecule has 0 unspecified atom stereocenters. The van der Waals surface area contributed by atoms with Crippen molar-refractivity contribution in [1.82, 2.24) is 4.90 Å². The molecule has 1 aliphatic heterocycles. The van der Waals surface area contributed by atoms with Crippen LogP contribution in [0.3, 0.4) is 0 Å². The first-order valence-corrected chi connectivity index (χ1v) is 9.50. The van der Waals surface area contributed by atoms with E-state index >= 15 is 0 Å². The highest BCUT2D eigenvalue weighted by Gasteiger charge is 2.34. The zero-order chi connectivity index (χ0) is 18.5. The summed E-state index contributed by atoms with van der Waals surface area (Å²) in [7, 11) is 0. The summed E-state index contributed by atoms with van der Waals surface area (Å²) in [6, 6.07) is 14.9. The van der Waals surface area contributed by atoms with Gasteiger partial charge in [-0.15, -0.1) is 0 Å². The third-order valence-corrected chi connectivity index (χ3v) is 5.14. The maximum atomic E-state index is 12.4. The van der Waals surface area contributed by atoms with Crippen molar-refractivity contribution in [3.8, 4) is 5.75 Å². The minimum atomic E-state index is -0.247. The van der Waals surface area contributed by atoms with Gasteiger partial charge < -0.3 is 4.74 Å². The van der Waals surface area contributed by atoms with Crippen LogP contribution in [0.5, 0.6) is 5.75 Å². The van der Waals surface area contributed by atoms with E-state index in [1.54, 1.807) is 6.08 Å². The number of hydrogen-bond donors (Lipinski definition) is 0. The number of thioether (sulfide) groups is 1. The van der Waals surface area contributed by atoms with Crippen molar-refractivity contribution < 1.29 is 14.3 Å². The lowest BCUT2D eigenvalue weighted by molar-refractivity contribution is -0.122. The number of nitrogens with zero attached hydrogens (tertiary/aromatic N) is 1. The van der Waals surface area contributed by atoms with E-state index in [0.717, 1.165) is 29.3 Å². The molecule has 2 aromatic rings. The summed E-state index contributed by atoms with van der Waals surface area (Å²) in [5.41, 5.74) is 1.63. The third kappa shape index (κ3) is 4.11. The SMILES string of the molecule is CCCN1C(=O)S/C(=C\c2ccccc2OCc2ccccc2Cl)C1=O. The molecule has 1 saturated heterocycles. The summed E-state index contributed by atoms with van der Waals surface area (Å²) in [6.07, 6.45) is 2.45. The first kappa shape index (κ1) is 18.5. The van der Waals surface area contributed by atoms with E-state index in [4.69, 9.17) is 16.3 Å². The number of rotatable bonds is 6. The van der Waals surface area contributed by atoms with Crippen molar-refractivity contribution in [1.29, 1.82) is 0 Å². The van der Waals surface area contributed by atoms with Crippen LogP contribution in [-0.4, -0.2) is 22.6 Å². The zero-order valence-corrected chi connectivity index (χ0v) is 15.8. The highest BCUT2D eigenvalue weighted by Crippen LogP contribution is 2.34. The molecule has 0 N–H and O–H groups in total. The summed E-state index contributed by atoms with van der Waals surface area (Å²) in [6.45, 7) is 2.69. The molecule has 0 bridgehead atoms. The van der Waals surface area contributed by atoms with Crippen molar-refractivity contribution >= 4 is 40.6 Å². The number of hydrogen-bond acceptors (Lipinski definition) is 4. The van der Waals surface area contributed by atoms with Crippen LogP contribution >= 0.6 is 23.4 Å². The Labute approximate surface area is 161 Å². The average Bonchev–Trinajstić information content (AvgIpc) is 2.90. The molecular formula is C20H18ClNO3S. The fourth-order valence-electron chi connectivity index (χ4n) is 2.56. The zero-order valence-electron chi connectivity index (χ0n) is 14.3. The molecule has 0 aromatic heterocycles. The topological polar surface area (TPSA) is 46.6 Å². The number of benzene rings is 2. The lowest BCUT2D eigenvalue weighted by atomic mass is 10.1. The Kier molecular flexibility index (Phi) is 6.01. The van der Waals surface area contributed by atoms with Crippen LogP contribution in [0.4, 0.5) is 4.79 Å². The molecule has 0 spiro atoms. The second-order valence-electron chi connectivity index (χ2n) is 5.75. The van der Waals surface area contributed by atoms with Crippen LogP contribution in [0.25, 0.3) is 6.08 Å².